The number of halogens is 4. The zero-order valence-corrected chi connectivity index (χ0v) is 9.84. The van der Waals surface area contributed by atoms with Crippen molar-refractivity contribution in [2.75, 3.05) is 0 Å². The molecule has 7 heteroatoms. The van der Waals surface area contributed by atoms with Gasteiger partial charge in [0.15, 0.2) is 0 Å². The highest BCUT2D eigenvalue weighted by atomic mass is 79.9. The first-order chi connectivity index (χ1) is 7.89. The van der Waals surface area contributed by atoms with Gasteiger partial charge >= 0.3 is 6.18 Å². The molecule has 3 nitrogen and oxygen atoms in total. The molecule has 0 saturated carbocycles. The zero-order chi connectivity index (χ0) is 12.6. The highest BCUT2D eigenvalue weighted by Crippen LogP contribution is 2.27. The molecule has 0 bridgehead atoms. The molecular weight excluding hydrogens is 301 g/mol. The Hall–Kier alpha value is -1.50. The van der Waals surface area contributed by atoms with Crippen LogP contribution in [0.2, 0.25) is 0 Å². The van der Waals surface area contributed by atoms with Crippen LogP contribution in [-0.2, 0) is 6.18 Å². The molecule has 0 amide bonds. The van der Waals surface area contributed by atoms with Crippen LogP contribution in [0.15, 0.2) is 39.6 Å². The van der Waals surface area contributed by atoms with Crippen molar-refractivity contribution >= 4 is 15.9 Å². The van der Waals surface area contributed by atoms with Gasteiger partial charge in [0.2, 0.25) is 0 Å². The summed E-state index contributed by atoms with van der Waals surface area (Å²) in [4.78, 5) is 11.5. The Labute approximate surface area is 102 Å². The van der Waals surface area contributed by atoms with Crippen molar-refractivity contribution < 1.29 is 13.2 Å². The molecule has 1 aromatic carbocycles. The van der Waals surface area contributed by atoms with Gasteiger partial charge in [-0.15, -0.1) is 0 Å². The third-order valence-corrected chi connectivity index (χ3v) is 2.79. The largest absolute Gasteiger partial charge is 0.432 e. The van der Waals surface area contributed by atoms with Gasteiger partial charge in [0.25, 0.3) is 5.56 Å². The number of para-hydroxylation sites is 1. The van der Waals surface area contributed by atoms with E-state index < -0.39 is 17.4 Å². The number of benzene rings is 1. The average Bonchev–Trinajstić information content (AvgIpc) is 2.61. The fourth-order valence-corrected chi connectivity index (χ4v) is 1.82. The van der Waals surface area contributed by atoms with Crippen LogP contribution in [0.5, 0.6) is 0 Å². The molecule has 1 N–H and O–H groups in total. The minimum absolute atomic E-state index is 0.327. The first-order valence-electron chi connectivity index (χ1n) is 4.54. The summed E-state index contributed by atoms with van der Waals surface area (Å²) in [5.74, 6) is 0. The normalized spacial score (nSPS) is 11.8. The summed E-state index contributed by atoms with van der Waals surface area (Å²) >= 11 is 3.17. The summed E-state index contributed by atoms with van der Waals surface area (Å²) in [6.07, 6.45) is -4.56. The molecule has 0 spiro atoms. The number of hydrogen-bond acceptors (Lipinski definition) is 1. The van der Waals surface area contributed by atoms with E-state index in [-0.39, 0.29) is 0 Å². The molecule has 0 radical (unpaired) electrons. The lowest BCUT2D eigenvalue weighted by atomic mass is 10.3. The summed E-state index contributed by atoms with van der Waals surface area (Å²) in [6.45, 7) is 0. The van der Waals surface area contributed by atoms with Crippen LogP contribution >= 0.6 is 15.9 Å². The van der Waals surface area contributed by atoms with Crippen molar-refractivity contribution in [1.82, 2.24) is 9.78 Å². The highest BCUT2D eigenvalue weighted by Gasteiger charge is 2.33. The number of nitrogens with zero attached hydrogens (tertiary/aromatic N) is 1. The van der Waals surface area contributed by atoms with Crippen LogP contribution in [0, 0.1) is 0 Å². The summed E-state index contributed by atoms with van der Waals surface area (Å²) in [5.41, 5.74) is -1.50. The molecule has 2 aromatic rings. The molecule has 90 valence electrons. The van der Waals surface area contributed by atoms with E-state index >= 15 is 0 Å². The van der Waals surface area contributed by atoms with Crippen molar-refractivity contribution in [3.63, 3.8) is 0 Å². The number of rotatable bonds is 1. The number of nitrogens with one attached hydrogen (secondary N) is 1. The standard InChI is InChI=1S/C10H6BrF3N2O/c11-6-3-1-2-4-7(6)16-9(17)5-8(15-16)10(12,13)14/h1-5,15H. The second-order valence-corrected chi connectivity index (χ2v) is 4.15. The van der Waals surface area contributed by atoms with E-state index in [9.17, 15) is 18.0 Å². The Bertz CT molecular complexity index is 600. The second kappa shape index (κ2) is 4.06. The number of aromatic amines is 1. The first-order valence-corrected chi connectivity index (χ1v) is 5.33. The topological polar surface area (TPSA) is 37.8 Å². The van der Waals surface area contributed by atoms with Crippen molar-refractivity contribution in [3.8, 4) is 5.69 Å². The van der Waals surface area contributed by atoms with E-state index in [1.807, 2.05) is 5.10 Å². The van der Waals surface area contributed by atoms with Crippen molar-refractivity contribution in [1.29, 1.82) is 0 Å². The number of alkyl halides is 3. The Morgan fingerprint density at radius 1 is 1.24 bits per heavy atom. The van der Waals surface area contributed by atoms with Crippen molar-refractivity contribution in [3.05, 3.63) is 50.9 Å². The van der Waals surface area contributed by atoms with Gasteiger partial charge in [0.1, 0.15) is 5.69 Å². The van der Waals surface area contributed by atoms with Crippen molar-refractivity contribution in [2.24, 2.45) is 0 Å². The van der Waals surface area contributed by atoms with Gasteiger partial charge in [-0.3, -0.25) is 9.89 Å². The van der Waals surface area contributed by atoms with Gasteiger partial charge in [-0.05, 0) is 28.1 Å². The van der Waals surface area contributed by atoms with Crippen LogP contribution in [-0.4, -0.2) is 9.78 Å². The summed E-state index contributed by atoms with van der Waals surface area (Å²) < 4.78 is 38.6. The van der Waals surface area contributed by atoms with Gasteiger partial charge in [0.05, 0.1) is 5.69 Å². The van der Waals surface area contributed by atoms with E-state index in [4.69, 9.17) is 0 Å². The van der Waals surface area contributed by atoms with Gasteiger partial charge < -0.3 is 0 Å². The van der Waals surface area contributed by atoms with E-state index in [0.717, 1.165) is 4.68 Å². The number of H-pyrrole nitrogens is 1. The summed E-state index contributed by atoms with van der Waals surface area (Å²) in [5, 5.41) is 2.03. The predicted octanol–water partition coefficient (Wildman–Crippen LogP) is 2.95. The first kappa shape index (κ1) is 12.0. The third kappa shape index (κ3) is 2.28. The Morgan fingerprint density at radius 3 is 2.41 bits per heavy atom. The number of hydrogen-bond donors (Lipinski definition) is 1. The quantitative estimate of drug-likeness (QED) is 0.864. The molecule has 0 unspecified atom stereocenters. The maximum Gasteiger partial charge on any atom is 0.432 e. The lowest BCUT2D eigenvalue weighted by Crippen LogP contribution is -2.14. The lowest BCUT2D eigenvalue weighted by molar-refractivity contribution is -0.141. The average molecular weight is 307 g/mol. The molecule has 0 aliphatic carbocycles. The van der Waals surface area contributed by atoms with Crippen LogP contribution in [0.3, 0.4) is 0 Å². The minimum Gasteiger partial charge on any atom is -0.286 e. The monoisotopic (exact) mass is 306 g/mol. The van der Waals surface area contributed by atoms with Crippen LogP contribution in [0.1, 0.15) is 5.69 Å². The van der Waals surface area contributed by atoms with E-state index in [2.05, 4.69) is 15.9 Å². The predicted molar refractivity (Wildman–Crippen MR) is 59.1 cm³/mol. The maximum absolute atomic E-state index is 12.4. The Balaban J connectivity index is 2.59. The molecule has 1 aromatic heterocycles. The molecule has 2 rings (SSSR count). The molecular formula is C10H6BrF3N2O. The molecule has 0 aliphatic heterocycles. The van der Waals surface area contributed by atoms with Crippen LogP contribution in [0.25, 0.3) is 5.69 Å². The molecule has 0 fully saturated rings. The second-order valence-electron chi connectivity index (χ2n) is 3.29. The van der Waals surface area contributed by atoms with E-state index in [0.29, 0.717) is 16.2 Å². The SMILES string of the molecule is O=c1cc(C(F)(F)F)[nH]n1-c1ccccc1Br. The Morgan fingerprint density at radius 2 is 1.88 bits per heavy atom. The fourth-order valence-electron chi connectivity index (χ4n) is 1.35. The molecule has 17 heavy (non-hydrogen) atoms. The fraction of sp³-hybridized carbons (Fsp3) is 0.100. The third-order valence-electron chi connectivity index (χ3n) is 2.12. The summed E-state index contributed by atoms with van der Waals surface area (Å²) in [7, 11) is 0. The maximum atomic E-state index is 12.4. The van der Waals surface area contributed by atoms with Crippen LogP contribution < -0.4 is 5.56 Å². The van der Waals surface area contributed by atoms with Gasteiger partial charge in [-0.1, -0.05) is 12.1 Å². The van der Waals surface area contributed by atoms with E-state index in [1.54, 1.807) is 18.2 Å². The molecule has 0 saturated heterocycles. The Kier molecular flexibility index (Phi) is 2.86. The van der Waals surface area contributed by atoms with Crippen LogP contribution in [0.4, 0.5) is 13.2 Å². The van der Waals surface area contributed by atoms with Gasteiger partial charge in [0, 0.05) is 10.5 Å². The van der Waals surface area contributed by atoms with Crippen molar-refractivity contribution in [2.45, 2.75) is 6.18 Å². The molecule has 0 aliphatic rings. The highest BCUT2D eigenvalue weighted by molar-refractivity contribution is 9.10. The minimum atomic E-state index is -4.56. The summed E-state index contributed by atoms with van der Waals surface area (Å²) in [6, 6.07) is 7.02. The lowest BCUT2D eigenvalue weighted by Gasteiger charge is -2.05. The molecule has 1 heterocycles. The van der Waals surface area contributed by atoms with E-state index in [1.165, 1.54) is 6.07 Å². The molecule has 0 atom stereocenters. The van der Waals surface area contributed by atoms with Gasteiger partial charge in [-0.25, -0.2) is 4.68 Å². The smallest absolute Gasteiger partial charge is 0.286 e. The van der Waals surface area contributed by atoms with Gasteiger partial charge in [-0.2, -0.15) is 13.2 Å². The number of aromatic nitrogens is 2. The zero-order valence-electron chi connectivity index (χ0n) is 8.25.